The lowest BCUT2D eigenvalue weighted by atomic mass is 10.2. The molecule has 0 atom stereocenters. The van der Waals surface area contributed by atoms with E-state index in [0.717, 1.165) is 5.56 Å². The van der Waals surface area contributed by atoms with Crippen molar-refractivity contribution in [2.24, 2.45) is 0 Å². The van der Waals surface area contributed by atoms with Gasteiger partial charge in [-0.1, -0.05) is 24.3 Å². The molecule has 0 radical (unpaired) electrons. The van der Waals surface area contributed by atoms with Gasteiger partial charge in [0.2, 0.25) is 0 Å². The Labute approximate surface area is 109 Å². The Bertz CT molecular complexity index is 637. The first-order valence-electron chi connectivity index (χ1n) is 5.56. The summed E-state index contributed by atoms with van der Waals surface area (Å²) in [4.78, 5) is 26.4. The highest BCUT2D eigenvalue weighted by atomic mass is 16.5. The molecule has 0 saturated heterocycles. The van der Waals surface area contributed by atoms with Crippen LogP contribution in [0, 0.1) is 6.92 Å². The van der Waals surface area contributed by atoms with Gasteiger partial charge in [-0.3, -0.25) is 0 Å². The number of carbonyl (C=O) groups is 2. The smallest absolute Gasteiger partial charge is 0.362 e. The fourth-order valence-electron chi connectivity index (χ4n) is 1.49. The van der Waals surface area contributed by atoms with E-state index in [1.165, 1.54) is 18.2 Å². The largest absolute Gasteiger partial charge is 0.477 e. The zero-order valence-electron chi connectivity index (χ0n) is 10.2. The van der Waals surface area contributed by atoms with Gasteiger partial charge in [0, 0.05) is 0 Å². The average molecular weight is 257 g/mol. The van der Waals surface area contributed by atoms with Crippen molar-refractivity contribution in [3.05, 3.63) is 59.4 Å². The number of hydrogen-bond donors (Lipinski definition) is 1. The van der Waals surface area contributed by atoms with Crippen LogP contribution in [0.3, 0.4) is 0 Å². The summed E-state index contributed by atoms with van der Waals surface area (Å²) in [5.41, 5.74) is 0.577. The van der Waals surface area contributed by atoms with E-state index in [1.807, 2.05) is 19.1 Å². The number of carboxylic acid groups (broad SMARTS) is 1. The minimum atomic E-state index is -1.19. The first kappa shape index (κ1) is 12.8. The molecular formula is C14H11NO4. The van der Waals surface area contributed by atoms with Crippen LogP contribution in [0.1, 0.15) is 26.5 Å². The number of carbonyl (C=O) groups excluding carboxylic acids is 1. The number of nitrogens with zero attached hydrogens (tertiary/aromatic N) is 1. The Morgan fingerprint density at radius 1 is 1.05 bits per heavy atom. The van der Waals surface area contributed by atoms with Crippen molar-refractivity contribution in [3.8, 4) is 5.75 Å². The van der Waals surface area contributed by atoms with E-state index in [4.69, 9.17) is 9.84 Å². The molecular weight excluding hydrogens is 246 g/mol. The molecule has 1 heterocycles. The standard InChI is InChI=1S/C14H11NO4/c1-9-5-2-3-8-12(9)19-14(18)11-7-4-6-10(15-11)13(16)17/h2-8H,1H3,(H,16,17). The molecule has 0 aliphatic rings. The zero-order valence-corrected chi connectivity index (χ0v) is 10.2. The Kier molecular flexibility index (Phi) is 3.56. The van der Waals surface area contributed by atoms with Crippen molar-refractivity contribution in [1.82, 2.24) is 4.98 Å². The second-order valence-corrected chi connectivity index (χ2v) is 3.87. The Hall–Kier alpha value is -2.69. The molecule has 2 aromatic rings. The van der Waals surface area contributed by atoms with E-state index in [0.29, 0.717) is 5.75 Å². The Morgan fingerprint density at radius 3 is 2.42 bits per heavy atom. The molecule has 0 unspecified atom stereocenters. The van der Waals surface area contributed by atoms with Gasteiger partial charge in [-0.2, -0.15) is 0 Å². The van der Waals surface area contributed by atoms with Gasteiger partial charge in [-0.05, 0) is 30.7 Å². The van der Waals surface area contributed by atoms with Crippen LogP contribution in [0.4, 0.5) is 0 Å². The lowest BCUT2D eigenvalue weighted by molar-refractivity contribution is 0.0689. The van der Waals surface area contributed by atoms with Crippen LogP contribution in [0.25, 0.3) is 0 Å². The number of esters is 1. The molecule has 19 heavy (non-hydrogen) atoms. The van der Waals surface area contributed by atoms with E-state index in [1.54, 1.807) is 12.1 Å². The predicted molar refractivity (Wildman–Crippen MR) is 67.3 cm³/mol. The Morgan fingerprint density at radius 2 is 1.74 bits per heavy atom. The van der Waals surface area contributed by atoms with Crippen molar-refractivity contribution in [2.45, 2.75) is 6.92 Å². The molecule has 0 saturated carbocycles. The summed E-state index contributed by atoms with van der Waals surface area (Å²) >= 11 is 0. The summed E-state index contributed by atoms with van der Waals surface area (Å²) in [6, 6.07) is 11.2. The fourth-order valence-corrected chi connectivity index (χ4v) is 1.49. The minimum Gasteiger partial charge on any atom is -0.477 e. The molecule has 0 amide bonds. The van der Waals surface area contributed by atoms with Crippen molar-refractivity contribution in [1.29, 1.82) is 0 Å². The van der Waals surface area contributed by atoms with Gasteiger partial charge < -0.3 is 9.84 Å². The summed E-state index contributed by atoms with van der Waals surface area (Å²) in [5, 5.41) is 8.81. The number of aromatic nitrogens is 1. The van der Waals surface area contributed by atoms with E-state index in [2.05, 4.69) is 4.98 Å². The molecule has 96 valence electrons. The monoisotopic (exact) mass is 257 g/mol. The average Bonchev–Trinajstić information content (AvgIpc) is 2.41. The number of rotatable bonds is 3. The molecule has 2 rings (SSSR count). The van der Waals surface area contributed by atoms with Crippen LogP contribution in [0.5, 0.6) is 5.75 Å². The highest BCUT2D eigenvalue weighted by molar-refractivity contribution is 5.91. The first-order valence-corrected chi connectivity index (χ1v) is 5.56. The number of para-hydroxylation sites is 1. The molecule has 1 aromatic heterocycles. The molecule has 0 aliphatic carbocycles. The third-order valence-electron chi connectivity index (χ3n) is 2.47. The SMILES string of the molecule is Cc1ccccc1OC(=O)c1cccc(C(=O)O)n1. The van der Waals surface area contributed by atoms with Crippen molar-refractivity contribution < 1.29 is 19.4 Å². The molecule has 5 heteroatoms. The molecule has 5 nitrogen and oxygen atoms in total. The second kappa shape index (κ2) is 5.30. The molecule has 1 aromatic carbocycles. The third kappa shape index (κ3) is 2.95. The van der Waals surface area contributed by atoms with Crippen molar-refractivity contribution in [3.63, 3.8) is 0 Å². The normalized spacial score (nSPS) is 9.95. The summed E-state index contributed by atoms with van der Waals surface area (Å²) in [6.07, 6.45) is 0. The van der Waals surface area contributed by atoms with Crippen LogP contribution in [0.2, 0.25) is 0 Å². The lowest BCUT2D eigenvalue weighted by Crippen LogP contribution is -2.13. The maximum atomic E-state index is 11.9. The summed E-state index contributed by atoms with van der Waals surface area (Å²) in [6.45, 7) is 1.81. The lowest BCUT2D eigenvalue weighted by Gasteiger charge is -2.06. The molecule has 0 bridgehead atoms. The number of aryl methyl sites for hydroxylation is 1. The minimum absolute atomic E-state index is 0.0387. The molecule has 0 aliphatic heterocycles. The number of ether oxygens (including phenoxy) is 1. The predicted octanol–water partition coefficient (Wildman–Crippen LogP) is 2.31. The topological polar surface area (TPSA) is 76.5 Å². The van der Waals surface area contributed by atoms with Gasteiger partial charge >= 0.3 is 11.9 Å². The highest BCUT2D eigenvalue weighted by Crippen LogP contribution is 2.17. The highest BCUT2D eigenvalue weighted by Gasteiger charge is 2.14. The van der Waals surface area contributed by atoms with Crippen LogP contribution in [-0.2, 0) is 0 Å². The van der Waals surface area contributed by atoms with Crippen molar-refractivity contribution >= 4 is 11.9 Å². The summed E-state index contributed by atoms with van der Waals surface area (Å²) < 4.78 is 5.17. The number of hydrogen-bond acceptors (Lipinski definition) is 4. The number of benzene rings is 1. The van der Waals surface area contributed by atoms with Crippen LogP contribution >= 0.6 is 0 Å². The van der Waals surface area contributed by atoms with Gasteiger partial charge in [0.05, 0.1) is 0 Å². The second-order valence-electron chi connectivity index (χ2n) is 3.87. The van der Waals surface area contributed by atoms with Gasteiger partial charge in [0.15, 0.2) is 0 Å². The number of carboxylic acids is 1. The zero-order chi connectivity index (χ0) is 13.8. The van der Waals surface area contributed by atoms with E-state index >= 15 is 0 Å². The third-order valence-corrected chi connectivity index (χ3v) is 2.47. The van der Waals surface area contributed by atoms with E-state index < -0.39 is 11.9 Å². The van der Waals surface area contributed by atoms with Gasteiger partial charge in [0.25, 0.3) is 0 Å². The maximum absolute atomic E-state index is 11.9. The number of pyridine rings is 1. The summed E-state index contributed by atoms with van der Waals surface area (Å²) in [7, 11) is 0. The van der Waals surface area contributed by atoms with Gasteiger partial charge in [-0.25, -0.2) is 14.6 Å². The quantitative estimate of drug-likeness (QED) is 0.674. The maximum Gasteiger partial charge on any atom is 0.362 e. The fraction of sp³-hybridized carbons (Fsp3) is 0.0714. The molecule has 0 fully saturated rings. The first-order chi connectivity index (χ1) is 9.08. The van der Waals surface area contributed by atoms with Crippen LogP contribution in [-0.4, -0.2) is 22.0 Å². The Balaban J connectivity index is 2.23. The molecule has 1 N–H and O–H groups in total. The van der Waals surface area contributed by atoms with Crippen LogP contribution in [0.15, 0.2) is 42.5 Å². The van der Waals surface area contributed by atoms with Crippen molar-refractivity contribution in [2.75, 3.05) is 0 Å². The number of aromatic carboxylic acids is 1. The van der Waals surface area contributed by atoms with E-state index in [9.17, 15) is 9.59 Å². The van der Waals surface area contributed by atoms with E-state index in [-0.39, 0.29) is 11.4 Å². The van der Waals surface area contributed by atoms with Crippen LogP contribution < -0.4 is 4.74 Å². The van der Waals surface area contributed by atoms with Gasteiger partial charge in [-0.15, -0.1) is 0 Å². The molecule has 0 spiro atoms. The van der Waals surface area contributed by atoms with Gasteiger partial charge in [0.1, 0.15) is 17.1 Å². The summed E-state index contributed by atoms with van der Waals surface area (Å²) in [5.74, 6) is -1.45.